The van der Waals surface area contributed by atoms with E-state index in [1.54, 1.807) is 54.6 Å². The van der Waals surface area contributed by atoms with Gasteiger partial charge in [-0.15, -0.1) is 0 Å². The van der Waals surface area contributed by atoms with Crippen LogP contribution in [0.1, 0.15) is 26.3 Å². The van der Waals surface area contributed by atoms with Gasteiger partial charge in [0.15, 0.2) is 5.78 Å². The molecule has 0 N–H and O–H groups in total. The predicted octanol–water partition coefficient (Wildman–Crippen LogP) is 5.47. The number of halogens is 1. The summed E-state index contributed by atoms with van der Waals surface area (Å²) in [4.78, 5) is 34.8. The second kappa shape index (κ2) is 9.07. The molecule has 0 aromatic heterocycles. The number of hydrogen-bond acceptors (Lipinski definition) is 5. The molecule has 29 heavy (non-hydrogen) atoms. The highest BCUT2D eigenvalue weighted by Gasteiger charge is 2.13. The average Bonchev–Trinajstić information content (AvgIpc) is 2.73. The van der Waals surface area contributed by atoms with E-state index in [-0.39, 0.29) is 22.8 Å². The summed E-state index contributed by atoms with van der Waals surface area (Å²) in [5.74, 6) is -0.565. The molecule has 0 unspecified atom stereocenters. The SMILES string of the molecule is O=C(/C=C/c1ccccc1OC(=O)c1ccc([N+](=O)[O-])cc1)c1ccc(Br)cc1. The first kappa shape index (κ1) is 20.2. The van der Waals surface area contributed by atoms with E-state index in [2.05, 4.69) is 15.9 Å². The number of allylic oxidation sites excluding steroid dienone is 1. The Morgan fingerprint density at radius 1 is 0.897 bits per heavy atom. The minimum atomic E-state index is -0.653. The predicted molar refractivity (Wildman–Crippen MR) is 112 cm³/mol. The molecule has 0 amide bonds. The maximum atomic E-state index is 12.4. The molecule has 0 aliphatic heterocycles. The van der Waals surface area contributed by atoms with Gasteiger partial charge in [-0.25, -0.2) is 4.79 Å². The van der Waals surface area contributed by atoms with Crippen LogP contribution in [0.5, 0.6) is 5.75 Å². The summed E-state index contributed by atoms with van der Waals surface area (Å²) in [6, 6.07) is 18.9. The maximum Gasteiger partial charge on any atom is 0.343 e. The number of nitro benzene ring substituents is 1. The highest BCUT2D eigenvalue weighted by atomic mass is 79.9. The number of non-ortho nitro benzene ring substituents is 1. The first-order valence-electron chi connectivity index (χ1n) is 8.48. The first-order valence-corrected chi connectivity index (χ1v) is 9.27. The summed E-state index contributed by atoms with van der Waals surface area (Å²) in [5, 5.41) is 10.7. The number of carbonyl (C=O) groups excluding carboxylic acids is 2. The van der Waals surface area contributed by atoms with Crippen LogP contribution in [0.4, 0.5) is 5.69 Å². The smallest absolute Gasteiger partial charge is 0.343 e. The summed E-state index contributed by atoms with van der Waals surface area (Å²) in [6.07, 6.45) is 2.98. The standard InChI is InChI=1S/C22H14BrNO5/c23-18-10-5-15(6-11-18)20(25)14-9-16-3-1-2-4-21(16)29-22(26)17-7-12-19(13-8-17)24(27)28/h1-14H/b14-9+. The van der Waals surface area contributed by atoms with Gasteiger partial charge in [0, 0.05) is 27.7 Å². The molecule has 0 aliphatic carbocycles. The number of benzene rings is 3. The fourth-order valence-electron chi connectivity index (χ4n) is 2.47. The molecular weight excluding hydrogens is 438 g/mol. The van der Waals surface area contributed by atoms with Gasteiger partial charge in [0.05, 0.1) is 10.5 Å². The van der Waals surface area contributed by atoms with Crippen molar-refractivity contribution in [3.63, 3.8) is 0 Å². The Bertz CT molecular complexity index is 1090. The van der Waals surface area contributed by atoms with E-state index in [4.69, 9.17) is 4.74 Å². The number of para-hydroxylation sites is 1. The second-order valence-electron chi connectivity index (χ2n) is 5.94. The molecule has 6 nitrogen and oxygen atoms in total. The van der Waals surface area contributed by atoms with Crippen molar-refractivity contribution < 1.29 is 19.2 Å². The fourth-order valence-corrected chi connectivity index (χ4v) is 2.73. The van der Waals surface area contributed by atoms with Crippen LogP contribution < -0.4 is 4.74 Å². The Balaban J connectivity index is 1.76. The molecular formula is C22H14BrNO5. The van der Waals surface area contributed by atoms with Crippen molar-refractivity contribution in [2.24, 2.45) is 0 Å². The van der Waals surface area contributed by atoms with Gasteiger partial charge < -0.3 is 4.74 Å². The van der Waals surface area contributed by atoms with E-state index in [1.807, 2.05) is 0 Å². The van der Waals surface area contributed by atoms with E-state index in [0.29, 0.717) is 11.1 Å². The number of ketones is 1. The lowest BCUT2D eigenvalue weighted by atomic mass is 10.1. The molecule has 0 aliphatic rings. The molecule has 144 valence electrons. The molecule has 0 bridgehead atoms. The van der Waals surface area contributed by atoms with Gasteiger partial charge in [-0.1, -0.05) is 34.1 Å². The Hall–Kier alpha value is -3.58. The number of esters is 1. The van der Waals surface area contributed by atoms with E-state index in [9.17, 15) is 19.7 Å². The van der Waals surface area contributed by atoms with Crippen LogP contribution in [0.3, 0.4) is 0 Å². The number of carbonyl (C=O) groups is 2. The van der Waals surface area contributed by atoms with Crippen molar-refractivity contribution in [3.05, 3.63) is 110 Å². The number of nitrogens with zero attached hydrogens (tertiary/aromatic N) is 1. The van der Waals surface area contributed by atoms with Gasteiger partial charge in [0.1, 0.15) is 5.75 Å². The molecule has 0 fully saturated rings. The molecule has 3 aromatic rings. The monoisotopic (exact) mass is 451 g/mol. The second-order valence-corrected chi connectivity index (χ2v) is 6.85. The van der Waals surface area contributed by atoms with Crippen molar-refractivity contribution >= 4 is 39.4 Å². The Kier molecular flexibility index (Phi) is 6.31. The van der Waals surface area contributed by atoms with Crippen molar-refractivity contribution in [2.75, 3.05) is 0 Å². The van der Waals surface area contributed by atoms with Crippen LogP contribution >= 0.6 is 15.9 Å². The fraction of sp³-hybridized carbons (Fsp3) is 0. The molecule has 0 atom stereocenters. The third-order valence-electron chi connectivity index (χ3n) is 3.98. The average molecular weight is 452 g/mol. The lowest BCUT2D eigenvalue weighted by Crippen LogP contribution is -2.09. The van der Waals surface area contributed by atoms with Crippen LogP contribution in [0.2, 0.25) is 0 Å². The summed E-state index contributed by atoms with van der Waals surface area (Å²) in [7, 11) is 0. The van der Waals surface area contributed by atoms with Crippen LogP contribution in [-0.4, -0.2) is 16.7 Å². The normalized spacial score (nSPS) is 10.7. The zero-order chi connectivity index (χ0) is 20.8. The maximum absolute atomic E-state index is 12.4. The topological polar surface area (TPSA) is 86.5 Å². The highest BCUT2D eigenvalue weighted by molar-refractivity contribution is 9.10. The molecule has 0 saturated carbocycles. The summed E-state index contributed by atoms with van der Waals surface area (Å²) < 4.78 is 6.28. The van der Waals surface area contributed by atoms with Crippen molar-refractivity contribution in [3.8, 4) is 5.75 Å². The van der Waals surface area contributed by atoms with Crippen LogP contribution in [0.15, 0.2) is 83.3 Å². The largest absolute Gasteiger partial charge is 0.422 e. The van der Waals surface area contributed by atoms with E-state index in [0.717, 1.165) is 4.47 Å². The van der Waals surface area contributed by atoms with Crippen molar-refractivity contribution in [2.45, 2.75) is 0 Å². The van der Waals surface area contributed by atoms with Gasteiger partial charge in [0.25, 0.3) is 5.69 Å². The minimum Gasteiger partial charge on any atom is -0.422 e. The number of ether oxygens (including phenoxy) is 1. The van der Waals surface area contributed by atoms with Crippen LogP contribution in [0, 0.1) is 10.1 Å². The lowest BCUT2D eigenvalue weighted by molar-refractivity contribution is -0.384. The zero-order valence-corrected chi connectivity index (χ0v) is 16.5. The molecule has 0 radical (unpaired) electrons. The van der Waals surface area contributed by atoms with E-state index < -0.39 is 10.9 Å². The first-order chi connectivity index (χ1) is 13.9. The molecule has 0 saturated heterocycles. The third kappa shape index (κ3) is 5.24. The van der Waals surface area contributed by atoms with Gasteiger partial charge in [-0.2, -0.15) is 0 Å². The zero-order valence-electron chi connectivity index (χ0n) is 14.9. The van der Waals surface area contributed by atoms with Crippen molar-refractivity contribution in [1.29, 1.82) is 0 Å². The Labute approximate surface area is 174 Å². The molecule has 0 spiro atoms. The van der Waals surface area contributed by atoms with Gasteiger partial charge >= 0.3 is 5.97 Å². The number of hydrogen-bond donors (Lipinski definition) is 0. The Morgan fingerprint density at radius 3 is 2.17 bits per heavy atom. The van der Waals surface area contributed by atoms with E-state index in [1.165, 1.54) is 30.3 Å². The third-order valence-corrected chi connectivity index (χ3v) is 4.51. The summed E-state index contributed by atoms with van der Waals surface area (Å²) >= 11 is 3.32. The van der Waals surface area contributed by atoms with Crippen LogP contribution in [-0.2, 0) is 0 Å². The van der Waals surface area contributed by atoms with Gasteiger partial charge in [0.2, 0.25) is 0 Å². The summed E-state index contributed by atoms with van der Waals surface area (Å²) in [5.41, 5.74) is 1.15. The number of rotatable bonds is 6. The van der Waals surface area contributed by atoms with E-state index >= 15 is 0 Å². The lowest BCUT2D eigenvalue weighted by Gasteiger charge is -2.07. The number of nitro groups is 1. The van der Waals surface area contributed by atoms with Gasteiger partial charge in [-0.3, -0.25) is 14.9 Å². The van der Waals surface area contributed by atoms with Crippen LogP contribution in [0.25, 0.3) is 6.08 Å². The molecule has 3 rings (SSSR count). The molecule has 0 heterocycles. The van der Waals surface area contributed by atoms with Gasteiger partial charge in [-0.05, 0) is 54.6 Å². The minimum absolute atomic E-state index is 0.115. The van der Waals surface area contributed by atoms with Crippen molar-refractivity contribution in [1.82, 2.24) is 0 Å². The molecule has 7 heteroatoms. The quantitative estimate of drug-likeness (QED) is 0.124. The summed E-state index contributed by atoms with van der Waals surface area (Å²) in [6.45, 7) is 0. The highest BCUT2D eigenvalue weighted by Crippen LogP contribution is 2.22. The Morgan fingerprint density at radius 2 is 1.52 bits per heavy atom. The molecule has 3 aromatic carbocycles.